The third-order valence-corrected chi connectivity index (χ3v) is 2.81. The van der Waals surface area contributed by atoms with E-state index in [1.54, 1.807) is 0 Å². The molecule has 1 fully saturated rings. The summed E-state index contributed by atoms with van der Waals surface area (Å²) in [5, 5.41) is 26.7. The van der Waals surface area contributed by atoms with E-state index in [9.17, 15) is 14.7 Å². The van der Waals surface area contributed by atoms with Gasteiger partial charge in [0.05, 0.1) is 12.0 Å². The van der Waals surface area contributed by atoms with Gasteiger partial charge in [-0.1, -0.05) is 0 Å². The van der Waals surface area contributed by atoms with E-state index in [2.05, 4.69) is 16.0 Å². The number of aliphatic carboxylic acids is 1. The van der Waals surface area contributed by atoms with Gasteiger partial charge in [-0.2, -0.15) is 0 Å². The highest BCUT2D eigenvalue weighted by molar-refractivity contribution is 5.74. The van der Waals surface area contributed by atoms with Crippen molar-refractivity contribution in [3.8, 4) is 0 Å². The van der Waals surface area contributed by atoms with E-state index in [1.165, 1.54) is 19.8 Å². The SMILES string of the molecule is CC(O)(CNC(=O)NCCCNC1CC1)CC(=O)O. The summed E-state index contributed by atoms with van der Waals surface area (Å²) in [6, 6.07) is 0.275. The van der Waals surface area contributed by atoms with Crippen LogP contribution in [0.15, 0.2) is 0 Å². The molecule has 0 radical (unpaired) electrons. The average molecular weight is 273 g/mol. The molecular formula is C12H23N3O4. The van der Waals surface area contributed by atoms with E-state index in [4.69, 9.17) is 5.11 Å². The lowest BCUT2D eigenvalue weighted by Crippen LogP contribution is -2.46. The minimum absolute atomic E-state index is 0.0918. The van der Waals surface area contributed by atoms with Gasteiger partial charge in [0.2, 0.25) is 0 Å². The standard InChI is InChI=1S/C12H23N3O4/c1-12(19,7-10(16)17)8-15-11(18)14-6-2-5-13-9-3-4-9/h9,13,19H,2-8H2,1H3,(H,16,17)(H2,14,15,18). The highest BCUT2D eigenvalue weighted by Crippen LogP contribution is 2.18. The fraction of sp³-hybridized carbons (Fsp3) is 0.833. The molecule has 1 atom stereocenters. The lowest BCUT2D eigenvalue weighted by atomic mass is 10.0. The Morgan fingerprint density at radius 1 is 1.26 bits per heavy atom. The number of carboxylic acid groups (broad SMARTS) is 1. The van der Waals surface area contributed by atoms with Gasteiger partial charge in [0.25, 0.3) is 0 Å². The van der Waals surface area contributed by atoms with Crippen molar-refractivity contribution in [1.29, 1.82) is 0 Å². The summed E-state index contributed by atoms with van der Waals surface area (Å²) in [6.45, 7) is 2.71. The fourth-order valence-electron chi connectivity index (χ4n) is 1.61. The molecule has 7 nitrogen and oxygen atoms in total. The first-order valence-corrected chi connectivity index (χ1v) is 6.58. The van der Waals surface area contributed by atoms with Crippen LogP contribution in [0.1, 0.15) is 32.6 Å². The van der Waals surface area contributed by atoms with Gasteiger partial charge < -0.3 is 26.2 Å². The second-order valence-corrected chi connectivity index (χ2v) is 5.26. The smallest absolute Gasteiger partial charge is 0.314 e. The molecule has 1 unspecified atom stereocenters. The van der Waals surface area contributed by atoms with Crippen LogP contribution >= 0.6 is 0 Å². The van der Waals surface area contributed by atoms with Gasteiger partial charge in [-0.15, -0.1) is 0 Å². The number of amides is 2. The Morgan fingerprint density at radius 2 is 1.95 bits per heavy atom. The van der Waals surface area contributed by atoms with Crippen LogP contribution in [0.2, 0.25) is 0 Å². The Hall–Kier alpha value is -1.34. The third-order valence-electron chi connectivity index (χ3n) is 2.81. The Kier molecular flexibility index (Phi) is 6.04. The number of rotatable bonds is 9. The van der Waals surface area contributed by atoms with Gasteiger partial charge in [-0.3, -0.25) is 4.79 Å². The summed E-state index contributed by atoms with van der Waals surface area (Å²) >= 11 is 0. The van der Waals surface area contributed by atoms with Crippen molar-refractivity contribution in [2.75, 3.05) is 19.6 Å². The highest BCUT2D eigenvalue weighted by Gasteiger charge is 2.24. The summed E-state index contributed by atoms with van der Waals surface area (Å²) < 4.78 is 0. The Morgan fingerprint density at radius 3 is 2.53 bits per heavy atom. The summed E-state index contributed by atoms with van der Waals surface area (Å²) in [5.41, 5.74) is -1.43. The molecule has 0 aliphatic heterocycles. The van der Waals surface area contributed by atoms with E-state index in [0.717, 1.165) is 13.0 Å². The Balaban J connectivity index is 2.01. The van der Waals surface area contributed by atoms with E-state index in [0.29, 0.717) is 12.6 Å². The number of hydrogen-bond acceptors (Lipinski definition) is 4. The summed E-state index contributed by atoms with van der Waals surface area (Å²) in [4.78, 5) is 21.9. The van der Waals surface area contributed by atoms with Gasteiger partial charge in [0.1, 0.15) is 0 Å². The number of carbonyl (C=O) groups is 2. The normalized spacial score (nSPS) is 17.6. The van der Waals surface area contributed by atoms with Crippen LogP contribution in [-0.4, -0.2) is 53.5 Å². The maximum Gasteiger partial charge on any atom is 0.314 e. The number of aliphatic hydroxyl groups is 1. The van der Waals surface area contributed by atoms with Crippen LogP contribution < -0.4 is 16.0 Å². The van der Waals surface area contributed by atoms with Crippen molar-refractivity contribution >= 4 is 12.0 Å². The molecule has 19 heavy (non-hydrogen) atoms. The topological polar surface area (TPSA) is 111 Å². The molecule has 1 aliphatic carbocycles. The van der Waals surface area contributed by atoms with E-state index < -0.39 is 24.0 Å². The Bertz CT molecular complexity index is 316. The minimum Gasteiger partial charge on any atom is -0.481 e. The van der Waals surface area contributed by atoms with Crippen LogP contribution in [0.3, 0.4) is 0 Å². The first-order valence-electron chi connectivity index (χ1n) is 6.58. The van der Waals surface area contributed by atoms with Gasteiger partial charge in [-0.05, 0) is 32.7 Å². The molecule has 1 rings (SSSR count). The lowest BCUT2D eigenvalue weighted by Gasteiger charge is -2.21. The average Bonchev–Trinajstić information content (AvgIpc) is 3.08. The molecular weight excluding hydrogens is 250 g/mol. The van der Waals surface area contributed by atoms with Crippen LogP contribution in [0.4, 0.5) is 4.79 Å². The van der Waals surface area contributed by atoms with Crippen LogP contribution in [0.25, 0.3) is 0 Å². The molecule has 1 saturated carbocycles. The molecule has 0 aromatic carbocycles. The quantitative estimate of drug-likeness (QED) is 0.369. The fourth-order valence-corrected chi connectivity index (χ4v) is 1.61. The third kappa shape index (κ3) is 8.39. The number of carboxylic acids is 1. The van der Waals surface area contributed by atoms with Crippen molar-refractivity contribution in [3.63, 3.8) is 0 Å². The molecule has 0 bridgehead atoms. The first-order chi connectivity index (χ1) is 8.89. The van der Waals surface area contributed by atoms with Crippen LogP contribution in [0.5, 0.6) is 0 Å². The molecule has 5 N–H and O–H groups in total. The molecule has 110 valence electrons. The lowest BCUT2D eigenvalue weighted by molar-refractivity contribution is -0.141. The number of urea groups is 1. The summed E-state index contributed by atoms with van der Waals surface area (Å²) in [7, 11) is 0. The van der Waals surface area contributed by atoms with E-state index in [-0.39, 0.29) is 6.54 Å². The molecule has 0 spiro atoms. The first kappa shape index (κ1) is 15.7. The predicted molar refractivity (Wildman–Crippen MR) is 69.9 cm³/mol. The van der Waals surface area contributed by atoms with Gasteiger partial charge in [0, 0.05) is 19.1 Å². The summed E-state index contributed by atoms with van der Waals surface area (Å²) in [6.07, 6.45) is 2.92. The zero-order chi connectivity index (χ0) is 14.3. The predicted octanol–water partition coefficient (Wildman–Crippen LogP) is -0.347. The second kappa shape index (κ2) is 7.30. The van der Waals surface area contributed by atoms with Crippen molar-refractivity contribution in [3.05, 3.63) is 0 Å². The molecule has 7 heteroatoms. The highest BCUT2D eigenvalue weighted by atomic mass is 16.4. The van der Waals surface area contributed by atoms with Crippen LogP contribution in [0, 0.1) is 0 Å². The van der Waals surface area contributed by atoms with Gasteiger partial charge >= 0.3 is 12.0 Å². The maximum atomic E-state index is 11.4. The molecule has 0 saturated heterocycles. The van der Waals surface area contributed by atoms with Crippen molar-refractivity contribution in [2.24, 2.45) is 0 Å². The number of carbonyl (C=O) groups excluding carboxylic acids is 1. The van der Waals surface area contributed by atoms with Crippen molar-refractivity contribution in [1.82, 2.24) is 16.0 Å². The Labute approximate surface area is 112 Å². The van der Waals surface area contributed by atoms with E-state index in [1.807, 2.05) is 0 Å². The van der Waals surface area contributed by atoms with Crippen molar-refractivity contribution in [2.45, 2.75) is 44.2 Å². The summed E-state index contributed by atoms with van der Waals surface area (Å²) in [5.74, 6) is -1.10. The number of hydrogen-bond donors (Lipinski definition) is 5. The molecule has 0 aromatic rings. The molecule has 1 aliphatic rings. The number of nitrogens with one attached hydrogen (secondary N) is 3. The molecule has 0 heterocycles. The minimum atomic E-state index is -1.43. The molecule has 0 aromatic heterocycles. The zero-order valence-corrected chi connectivity index (χ0v) is 11.2. The monoisotopic (exact) mass is 273 g/mol. The maximum absolute atomic E-state index is 11.4. The van der Waals surface area contributed by atoms with Gasteiger partial charge in [0.15, 0.2) is 0 Å². The van der Waals surface area contributed by atoms with Gasteiger partial charge in [-0.25, -0.2) is 4.79 Å². The second-order valence-electron chi connectivity index (χ2n) is 5.26. The van der Waals surface area contributed by atoms with E-state index >= 15 is 0 Å². The largest absolute Gasteiger partial charge is 0.481 e. The molecule has 2 amide bonds. The van der Waals surface area contributed by atoms with Crippen molar-refractivity contribution < 1.29 is 19.8 Å². The van der Waals surface area contributed by atoms with Crippen LogP contribution in [-0.2, 0) is 4.79 Å². The zero-order valence-electron chi connectivity index (χ0n) is 11.2.